The first kappa shape index (κ1) is 17.6. The fraction of sp³-hybridized carbons (Fsp3) is 0.111. The van der Waals surface area contributed by atoms with Crippen molar-refractivity contribution in [2.75, 3.05) is 13.2 Å². The second-order valence-corrected chi connectivity index (χ2v) is 5.48. The number of hydrogen-bond acceptors (Lipinski definition) is 4. The fourth-order valence-electron chi connectivity index (χ4n) is 1.72. The highest BCUT2D eigenvalue weighted by molar-refractivity contribution is 9.10. The zero-order valence-electron chi connectivity index (χ0n) is 12.7. The molecule has 0 radical (unpaired) electrons. The van der Waals surface area contributed by atoms with Gasteiger partial charge in [0.25, 0.3) is 5.91 Å². The summed E-state index contributed by atoms with van der Waals surface area (Å²) in [6.07, 6.45) is 6.66. The van der Waals surface area contributed by atoms with Crippen LogP contribution in [0.2, 0.25) is 0 Å². The molecule has 0 aliphatic heterocycles. The van der Waals surface area contributed by atoms with Crippen molar-refractivity contribution in [3.05, 3.63) is 58.6 Å². The quantitative estimate of drug-likeness (QED) is 0.452. The molecule has 0 spiro atoms. The van der Waals surface area contributed by atoms with Crippen LogP contribution in [0.5, 0.6) is 11.5 Å². The number of carbonyl (C=O) groups excluding carboxylic acids is 1. The van der Waals surface area contributed by atoms with E-state index in [0.29, 0.717) is 17.1 Å². The van der Waals surface area contributed by atoms with Gasteiger partial charge < -0.3 is 9.47 Å². The number of rotatable bonds is 7. The molecule has 6 heteroatoms. The lowest BCUT2D eigenvalue weighted by molar-refractivity contribution is -0.123. The molecule has 1 N–H and O–H groups in total. The van der Waals surface area contributed by atoms with Crippen molar-refractivity contribution in [2.45, 2.75) is 0 Å². The first-order chi connectivity index (χ1) is 11.7. The van der Waals surface area contributed by atoms with E-state index in [-0.39, 0.29) is 19.1 Å². The van der Waals surface area contributed by atoms with Crippen LogP contribution in [0.3, 0.4) is 0 Å². The van der Waals surface area contributed by atoms with Crippen molar-refractivity contribution in [3.63, 3.8) is 0 Å². The molecule has 0 fully saturated rings. The highest BCUT2D eigenvalue weighted by atomic mass is 79.9. The number of ether oxygens (including phenoxy) is 2. The molecule has 0 saturated carbocycles. The van der Waals surface area contributed by atoms with E-state index in [9.17, 15) is 4.79 Å². The van der Waals surface area contributed by atoms with E-state index in [0.717, 1.165) is 4.47 Å². The van der Waals surface area contributed by atoms with Gasteiger partial charge in [-0.1, -0.05) is 34.0 Å². The maximum atomic E-state index is 11.7. The van der Waals surface area contributed by atoms with Gasteiger partial charge in [0.05, 0.1) is 6.21 Å². The molecule has 0 unspecified atom stereocenters. The summed E-state index contributed by atoms with van der Waals surface area (Å²) in [7, 11) is 0. The Morgan fingerprint density at radius 2 is 1.96 bits per heavy atom. The molecule has 0 aromatic heterocycles. The lowest BCUT2D eigenvalue weighted by atomic mass is 10.2. The molecule has 0 bridgehead atoms. The second kappa shape index (κ2) is 9.38. The predicted molar refractivity (Wildman–Crippen MR) is 96.1 cm³/mol. The zero-order chi connectivity index (χ0) is 17.2. The summed E-state index contributed by atoms with van der Waals surface area (Å²) in [5, 5.41) is 3.89. The minimum absolute atomic E-state index is 0.131. The molecule has 1 amide bonds. The van der Waals surface area contributed by atoms with Crippen LogP contribution >= 0.6 is 15.9 Å². The summed E-state index contributed by atoms with van der Waals surface area (Å²) in [4.78, 5) is 11.7. The zero-order valence-corrected chi connectivity index (χ0v) is 14.3. The van der Waals surface area contributed by atoms with Crippen molar-refractivity contribution in [2.24, 2.45) is 5.10 Å². The van der Waals surface area contributed by atoms with Crippen LogP contribution in [0, 0.1) is 12.3 Å². The van der Waals surface area contributed by atoms with Crippen LogP contribution in [-0.4, -0.2) is 25.3 Å². The Morgan fingerprint density at radius 3 is 2.71 bits per heavy atom. The lowest BCUT2D eigenvalue weighted by Crippen LogP contribution is -2.24. The van der Waals surface area contributed by atoms with Crippen molar-refractivity contribution in [3.8, 4) is 23.8 Å². The molecule has 122 valence electrons. The van der Waals surface area contributed by atoms with Crippen molar-refractivity contribution >= 4 is 28.1 Å². The Kier molecular flexibility index (Phi) is 6.87. The van der Waals surface area contributed by atoms with Gasteiger partial charge >= 0.3 is 0 Å². The molecule has 0 atom stereocenters. The number of halogens is 1. The first-order valence-electron chi connectivity index (χ1n) is 7.04. The average Bonchev–Trinajstić information content (AvgIpc) is 2.60. The summed E-state index contributed by atoms with van der Waals surface area (Å²) < 4.78 is 11.7. The highest BCUT2D eigenvalue weighted by Crippen LogP contribution is 2.16. The number of nitrogens with one attached hydrogen (secondary N) is 1. The average molecular weight is 387 g/mol. The molecule has 0 saturated heterocycles. The summed E-state index contributed by atoms with van der Waals surface area (Å²) >= 11 is 3.33. The summed E-state index contributed by atoms with van der Waals surface area (Å²) in [6, 6.07) is 14.4. The monoisotopic (exact) mass is 386 g/mol. The number of para-hydroxylation sites is 1. The number of benzene rings is 2. The molecular weight excluding hydrogens is 372 g/mol. The molecule has 0 aliphatic rings. The van der Waals surface area contributed by atoms with Crippen molar-refractivity contribution in [1.29, 1.82) is 0 Å². The maximum absolute atomic E-state index is 11.7. The molecule has 2 aromatic rings. The number of hydrazone groups is 1. The minimum Gasteiger partial charge on any atom is -0.484 e. The van der Waals surface area contributed by atoms with Crippen LogP contribution in [0.4, 0.5) is 0 Å². The largest absolute Gasteiger partial charge is 0.484 e. The van der Waals surface area contributed by atoms with Crippen molar-refractivity contribution in [1.82, 2.24) is 5.43 Å². The number of hydrogen-bond donors (Lipinski definition) is 1. The van der Waals surface area contributed by atoms with E-state index in [4.69, 9.17) is 15.9 Å². The second-order valence-electron chi connectivity index (χ2n) is 4.57. The Morgan fingerprint density at radius 1 is 1.21 bits per heavy atom. The van der Waals surface area contributed by atoms with Crippen LogP contribution in [0.1, 0.15) is 5.56 Å². The van der Waals surface area contributed by atoms with Crippen LogP contribution in [0.25, 0.3) is 0 Å². The van der Waals surface area contributed by atoms with Gasteiger partial charge in [0.1, 0.15) is 18.1 Å². The Balaban J connectivity index is 1.84. The Labute approximate surface area is 148 Å². The number of nitrogens with zero attached hydrogens (tertiary/aromatic N) is 1. The molecule has 0 aliphatic carbocycles. The van der Waals surface area contributed by atoms with Gasteiger partial charge in [-0.2, -0.15) is 5.10 Å². The van der Waals surface area contributed by atoms with Crippen LogP contribution in [-0.2, 0) is 4.79 Å². The van der Waals surface area contributed by atoms with Gasteiger partial charge in [-0.3, -0.25) is 4.79 Å². The van der Waals surface area contributed by atoms with E-state index >= 15 is 0 Å². The topological polar surface area (TPSA) is 59.9 Å². The van der Waals surface area contributed by atoms with E-state index in [2.05, 4.69) is 32.4 Å². The third-order valence-corrected chi connectivity index (χ3v) is 3.34. The van der Waals surface area contributed by atoms with Gasteiger partial charge in [0.15, 0.2) is 6.61 Å². The fourth-order valence-corrected chi connectivity index (χ4v) is 1.99. The maximum Gasteiger partial charge on any atom is 0.277 e. The van der Waals surface area contributed by atoms with E-state index < -0.39 is 0 Å². The van der Waals surface area contributed by atoms with Gasteiger partial charge in [-0.15, -0.1) is 6.42 Å². The normalized spacial score (nSPS) is 10.2. The highest BCUT2D eigenvalue weighted by Gasteiger charge is 2.02. The van der Waals surface area contributed by atoms with Crippen LogP contribution in [0.15, 0.2) is 58.1 Å². The third kappa shape index (κ3) is 5.78. The third-order valence-electron chi connectivity index (χ3n) is 2.81. The first-order valence-corrected chi connectivity index (χ1v) is 7.84. The molecular formula is C18H15BrN2O3. The van der Waals surface area contributed by atoms with E-state index in [1.807, 2.05) is 24.3 Å². The number of amides is 1. The number of carbonyl (C=O) groups is 1. The molecule has 24 heavy (non-hydrogen) atoms. The van der Waals surface area contributed by atoms with Gasteiger partial charge in [-0.25, -0.2) is 5.43 Å². The van der Waals surface area contributed by atoms with Gasteiger partial charge in [-0.05, 0) is 36.4 Å². The smallest absolute Gasteiger partial charge is 0.277 e. The SMILES string of the molecule is C#CCOc1ccccc1C=NNC(=O)COc1ccc(Br)cc1. The van der Waals surface area contributed by atoms with E-state index in [1.54, 1.807) is 24.3 Å². The molecule has 5 nitrogen and oxygen atoms in total. The van der Waals surface area contributed by atoms with Crippen molar-refractivity contribution < 1.29 is 14.3 Å². The number of terminal acetylenes is 1. The van der Waals surface area contributed by atoms with Gasteiger partial charge in [0.2, 0.25) is 0 Å². The Hall–Kier alpha value is -2.78. The minimum atomic E-state index is -0.365. The summed E-state index contributed by atoms with van der Waals surface area (Å²) in [5.41, 5.74) is 3.11. The van der Waals surface area contributed by atoms with Gasteiger partial charge in [0, 0.05) is 10.0 Å². The summed E-state index contributed by atoms with van der Waals surface area (Å²) in [6.45, 7) is 0.0342. The molecule has 2 aromatic carbocycles. The Bertz CT molecular complexity index is 752. The van der Waals surface area contributed by atoms with E-state index in [1.165, 1.54) is 6.21 Å². The molecule has 2 rings (SSSR count). The summed E-state index contributed by atoms with van der Waals surface area (Å²) in [5.74, 6) is 3.23. The predicted octanol–water partition coefficient (Wildman–Crippen LogP) is 2.99. The molecule has 0 heterocycles. The lowest BCUT2D eigenvalue weighted by Gasteiger charge is -2.06. The van der Waals surface area contributed by atoms with Crippen LogP contribution < -0.4 is 14.9 Å². The standard InChI is InChI=1S/C18H15BrN2O3/c1-2-11-23-17-6-4-3-5-14(17)12-20-21-18(22)13-24-16-9-7-15(19)8-10-16/h1,3-10,12H,11,13H2,(H,21,22).